The van der Waals surface area contributed by atoms with Gasteiger partial charge < -0.3 is 11.5 Å². The van der Waals surface area contributed by atoms with Crippen LogP contribution in [0.25, 0.3) is 0 Å². The van der Waals surface area contributed by atoms with Crippen LogP contribution >= 0.6 is 0 Å². The van der Waals surface area contributed by atoms with Gasteiger partial charge in [-0.15, -0.1) is 0 Å². The fourth-order valence-electron chi connectivity index (χ4n) is 2.23. The summed E-state index contributed by atoms with van der Waals surface area (Å²) in [5.74, 6) is 1.32. The fraction of sp³-hybridized carbons (Fsp3) is 0.600. The molecule has 4 N–H and O–H groups in total. The van der Waals surface area contributed by atoms with Crippen molar-refractivity contribution in [2.24, 2.45) is 23.3 Å². The van der Waals surface area contributed by atoms with Gasteiger partial charge in [-0.3, -0.25) is 0 Å². The minimum atomic E-state index is 0.391. The van der Waals surface area contributed by atoms with Gasteiger partial charge in [-0.25, -0.2) is 0 Å². The van der Waals surface area contributed by atoms with E-state index >= 15 is 0 Å². The van der Waals surface area contributed by atoms with E-state index in [4.69, 9.17) is 11.5 Å². The largest absolute Gasteiger partial charge is 0.399 e. The van der Waals surface area contributed by atoms with E-state index in [9.17, 15) is 0 Å². The first-order valence-electron chi connectivity index (χ1n) is 4.67. The molecule has 1 saturated carbocycles. The molecule has 0 aromatic carbocycles. The number of rotatable bonds is 0. The molecule has 1 fully saturated rings. The van der Waals surface area contributed by atoms with E-state index in [2.05, 4.69) is 12.2 Å². The van der Waals surface area contributed by atoms with Crippen LogP contribution in [0.5, 0.6) is 0 Å². The van der Waals surface area contributed by atoms with E-state index in [0.29, 0.717) is 17.9 Å². The predicted octanol–water partition coefficient (Wildman–Crippen LogP) is 1.14. The molecule has 0 bridgehead atoms. The molecule has 2 aliphatic rings. The third-order valence-corrected chi connectivity index (χ3v) is 2.94. The van der Waals surface area contributed by atoms with Crippen molar-refractivity contribution in [2.75, 3.05) is 0 Å². The van der Waals surface area contributed by atoms with Crippen LogP contribution in [-0.2, 0) is 0 Å². The lowest BCUT2D eigenvalue weighted by molar-refractivity contribution is 0.300. The molecule has 0 aromatic rings. The Kier molecular flexibility index (Phi) is 1.93. The molecule has 0 saturated heterocycles. The van der Waals surface area contributed by atoms with Crippen LogP contribution in [0.1, 0.15) is 19.3 Å². The molecule has 3 unspecified atom stereocenters. The second kappa shape index (κ2) is 2.94. The molecule has 66 valence electrons. The minimum absolute atomic E-state index is 0.391. The van der Waals surface area contributed by atoms with E-state index in [1.54, 1.807) is 0 Å². The average molecular weight is 164 g/mol. The highest BCUT2D eigenvalue weighted by Crippen LogP contribution is 2.34. The Balaban J connectivity index is 2.11. The summed E-state index contributed by atoms with van der Waals surface area (Å²) in [7, 11) is 0. The van der Waals surface area contributed by atoms with Gasteiger partial charge in [0, 0.05) is 11.7 Å². The number of nitrogens with two attached hydrogens (primary N) is 2. The summed E-state index contributed by atoms with van der Waals surface area (Å²) in [6, 6.07) is 0.391. The Labute approximate surface area is 73.3 Å². The zero-order valence-corrected chi connectivity index (χ0v) is 7.24. The fourth-order valence-corrected chi connectivity index (χ4v) is 2.23. The molecule has 0 aliphatic heterocycles. The van der Waals surface area contributed by atoms with Crippen LogP contribution in [0, 0.1) is 11.8 Å². The summed E-state index contributed by atoms with van der Waals surface area (Å²) in [5.41, 5.74) is 12.5. The van der Waals surface area contributed by atoms with E-state index in [0.717, 1.165) is 12.1 Å². The Morgan fingerprint density at radius 3 is 2.92 bits per heavy atom. The molecule has 2 heteroatoms. The van der Waals surface area contributed by atoms with Gasteiger partial charge in [-0.1, -0.05) is 12.2 Å². The number of hydrogen-bond acceptors (Lipinski definition) is 2. The first-order chi connectivity index (χ1) is 5.75. The molecular formula is C10H16N2. The van der Waals surface area contributed by atoms with E-state index < -0.39 is 0 Å². The highest BCUT2D eigenvalue weighted by Gasteiger charge is 2.27. The molecule has 2 nitrogen and oxygen atoms in total. The number of allylic oxidation sites excluding steroid dienone is 3. The van der Waals surface area contributed by atoms with Crippen LogP contribution in [-0.4, -0.2) is 6.04 Å². The number of hydrogen-bond donors (Lipinski definition) is 2. The third-order valence-electron chi connectivity index (χ3n) is 2.94. The van der Waals surface area contributed by atoms with Crippen molar-refractivity contribution in [3.8, 4) is 0 Å². The van der Waals surface area contributed by atoms with Gasteiger partial charge in [0.15, 0.2) is 0 Å². The van der Waals surface area contributed by atoms with Gasteiger partial charge >= 0.3 is 0 Å². The van der Waals surface area contributed by atoms with Crippen LogP contribution in [0.3, 0.4) is 0 Å². The Hall–Kier alpha value is -0.760. The highest BCUT2D eigenvalue weighted by atomic mass is 14.6. The smallest absolute Gasteiger partial charge is 0.0273 e. The van der Waals surface area contributed by atoms with Gasteiger partial charge in [0.25, 0.3) is 0 Å². The lowest BCUT2D eigenvalue weighted by Crippen LogP contribution is -2.33. The van der Waals surface area contributed by atoms with Crippen LogP contribution < -0.4 is 11.5 Å². The van der Waals surface area contributed by atoms with Gasteiger partial charge in [-0.05, 0) is 37.2 Å². The lowest BCUT2D eigenvalue weighted by Gasteiger charge is -2.33. The maximum atomic E-state index is 5.89. The monoisotopic (exact) mass is 164 g/mol. The summed E-state index contributed by atoms with van der Waals surface area (Å²) >= 11 is 0. The minimum Gasteiger partial charge on any atom is -0.399 e. The zero-order valence-electron chi connectivity index (χ0n) is 7.24. The van der Waals surface area contributed by atoms with Gasteiger partial charge in [0.1, 0.15) is 0 Å². The summed E-state index contributed by atoms with van der Waals surface area (Å²) in [5, 5.41) is 0. The normalized spacial score (nSPS) is 40.4. The van der Waals surface area contributed by atoms with Crippen molar-refractivity contribution in [1.82, 2.24) is 0 Å². The first-order valence-corrected chi connectivity index (χ1v) is 4.67. The Morgan fingerprint density at radius 2 is 2.08 bits per heavy atom. The third kappa shape index (κ3) is 1.39. The average Bonchev–Trinajstić information content (AvgIpc) is 2.03. The summed E-state index contributed by atoms with van der Waals surface area (Å²) < 4.78 is 0. The SMILES string of the molecule is NC1=CC2CC(N)CCC2C=C1. The molecule has 0 aromatic heterocycles. The van der Waals surface area contributed by atoms with Gasteiger partial charge in [0.2, 0.25) is 0 Å². The highest BCUT2D eigenvalue weighted by molar-refractivity contribution is 5.23. The Morgan fingerprint density at radius 1 is 1.25 bits per heavy atom. The zero-order chi connectivity index (χ0) is 8.55. The second-order valence-electron chi connectivity index (χ2n) is 3.93. The van der Waals surface area contributed by atoms with Crippen molar-refractivity contribution >= 4 is 0 Å². The quantitative estimate of drug-likeness (QED) is 0.564. The van der Waals surface area contributed by atoms with Crippen molar-refractivity contribution < 1.29 is 0 Å². The molecule has 2 aliphatic carbocycles. The molecular weight excluding hydrogens is 148 g/mol. The topological polar surface area (TPSA) is 52.0 Å². The molecule has 12 heavy (non-hydrogen) atoms. The molecule has 0 amide bonds. The molecule has 0 heterocycles. The Bertz CT molecular complexity index is 230. The standard InChI is InChI=1S/C10H16N2/c11-9-3-1-7-2-4-10(12)6-8(7)5-9/h1,3,5,7-8,10H,2,4,6,11-12H2. The van der Waals surface area contributed by atoms with Crippen molar-refractivity contribution in [3.63, 3.8) is 0 Å². The van der Waals surface area contributed by atoms with Crippen LogP contribution in [0.15, 0.2) is 23.9 Å². The summed E-state index contributed by atoms with van der Waals surface area (Å²) in [6.45, 7) is 0. The van der Waals surface area contributed by atoms with E-state index in [1.807, 2.05) is 6.08 Å². The van der Waals surface area contributed by atoms with Gasteiger partial charge in [0.05, 0.1) is 0 Å². The first kappa shape index (κ1) is 7.87. The maximum absolute atomic E-state index is 5.89. The van der Waals surface area contributed by atoms with Crippen molar-refractivity contribution in [1.29, 1.82) is 0 Å². The molecule has 0 spiro atoms. The second-order valence-corrected chi connectivity index (χ2v) is 3.93. The van der Waals surface area contributed by atoms with Crippen molar-refractivity contribution in [3.05, 3.63) is 23.9 Å². The maximum Gasteiger partial charge on any atom is 0.0273 e. The van der Waals surface area contributed by atoms with E-state index in [1.165, 1.54) is 12.8 Å². The summed E-state index contributed by atoms with van der Waals surface area (Å²) in [6.07, 6.45) is 9.94. The van der Waals surface area contributed by atoms with Crippen LogP contribution in [0.2, 0.25) is 0 Å². The molecule has 3 atom stereocenters. The number of fused-ring (bicyclic) bond motifs is 1. The summed E-state index contributed by atoms with van der Waals surface area (Å²) in [4.78, 5) is 0. The van der Waals surface area contributed by atoms with Crippen molar-refractivity contribution in [2.45, 2.75) is 25.3 Å². The van der Waals surface area contributed by atoms with Gasteiger partial charge in [-0.2, -0.15) is 0 Å². The van der Waals surface area contributed by atoms with Crippen LogP contribution in [0.4, 0.5) is 0 Å². The van der Waals surface area contributed by atoms with E-state index in [-0.39, 0.29) is 0 Å². The lowest BCUT2D eigenvalue weighted by atomic mass is 9.75. The molecule has 0 radical (unpaired) electrons. The molecule has 2 rings (SSSR count). The predicted molar refractivity (Wildman–Crippen MR) is 50.2 cm³/mol.